The van der Waals surface area contributed by atoms with Gasteiger partial charge in [-0.2, -0.15) is 0 Å². The average molecular weight is 537 g/mol. The van der Waals surface area contributed by atoms with Crippen LogP contribution in [0, 0.1) is 28.1 Å². The van der Waals surface area contributed by atoms with Gasteiger partial charge in [0.25, 0.3) is 0 Å². The Morgan fingerprint density at radius 2 is 1.54 bits per heavy atom. The fourth-order valence-corrected chi connectivity index (χ4v) is 7.91. The molecule has 6 atom stereocenters. The van der Waals surface area contributed by atoms with Gasteiger partial charge in [0.2, 0.25) is 0 Å². The van der Waals surface area contributed by atoms with E-state index in [1.807, 2.05) is 0 Å². The SMILES string of the molecule is CC(C)=CCC[C@]1(C)[C@@H](CC=C(C)C)C[C@@]2(CC=C(C)C)C=C(CC=C(C)C)C(=O)[C@]13[C@@H](C(C)C)OCO[C@@H]23. The van der Waals surface area contributed by atoms with Crippen LogP contribution in [0.15, 0.2) is 58.2 Å². The second-order valence-electron chi connectivity index (χ2n) is 14.2. The molecule has 2 bridgehead atoms. The molecule has 1 heterocycles. The highest BCUT2D eigenvalue weighted by molar-refractivity contribution is 6.03. The minimum Gasteiger partial charge on any atom is -0.351 e. The highest BCUT2D eigenvalue weighted by Crippen LogP contribution is 2.71. The lowest BCUT2D eigenvalue weighted by Crippen LogP contribution is -2.75. The van der Waals surface area contributed by atoms with Gasteiger partial charge in [-0.3, -0.25) is 4.79 Å². The first-order valence-corrected chi connectivity index (χ1v) is 15.2. The van der Waals surface area contributed by atoms with Crippen LogP contribution in [0.1, 0.15) is 115 Å². The minimum atomic E-state index is -0.734. The molecule has 0 radical (unpaired) electrons. The van der Waals surface area contributed by atoms with Crippen LogP contribution in [-0.4, -0.2) is 24.8 Å². The first-order valence-electron chi connectivity index (χ1n) is 15.2. The molecule has 0 aromatic heterocycles. The summed E-state index contributed by atoms with van der Waals surface area (Å²) in [5.41, 5.74) is 4.95. The normalized spacial score (nSPS) is 33.6. The third kappa shape index (κ3) is 6.01. The summed E-state index contributed by atoms with van der Waals surface area (Å²) in [5.74, 6) is 0.823. The van der Waals surface area contributed by atoms with E-state index in [1.165, 1.54) is 22.3 Å². The molecule has 0 amide bonds. The van der Waals surface area contributed by atoms with Crippen molar-refractivity contribution in [2.24, 2.45) is 28.1 Å². The van der Waals surface area contributed by atoms with Crippen LogP contribution in [0.3, 0.4) is 0 Å². The highest BCUT2D eigenvalue weighted by atomic mass is 16.7. The van der Waals surface area contributed by atoms with E-state index in [9.17, 15) is 0 Å². The van der Waals surface area contributed by atoms with Crippen molar-refractivity contribution in [3.63, 3.8) is 0 Å². The van der Waals surface area contributed by atoms with Crippen LogP contribution in [-0.2, 0) is 14.3 Å². The molecule has 2 aliphatic carbocycles. The Morgan fingerprint density at radius 1 is 0.923 bits per heavy atom. The second kappa shape index (κ2) is 12.4. The fraction of sp³-hybridized carbons (Fsp3) is 0.694. The maximum Gasteiger partial charge on any atom is 0.170 e. The Hall–Kier alpha value is -1.71. The van der Waals surface area contributed by atoms with Gasteiger partial charge in [0.05, 0.1) is 17.6 Å². The number of allylic oxidation sites excluding steroid dienone is 9. The smallest absolute Gasteiger partial charge is 0.170 e. The molecule has 3 aliphatic rings. The van der Waals surface area contributed by atoms with Gasteiger partial charge in [0, 0.05) is 5.41 Å². The van der Waals surface area contributed by atoms with Crippen LogP contribution < -0.4 is 0 Å². The van der Waals surface area contributed by atoms with Crippen molar-refractivity contribution in [3.8, 4) is 0 Å². The number of hydrogen-bond acceptors (Lipinski definition) is 3. The third-order valence-electron chi connectivity index (χ3n) is 9.72. The third-order valence-corrected chi connectivity index (χ3v) is 9.72. The topological polar surface area (TPSA) is 35.5 Å². The number of hydrogen-bond donors (Lipinski definition) is 0. The van der Waals surface area contributed by atoms with Crippen LogP contribution >= 0.6 is 0 Å². The standard InChI is InChI=1S/C36H56O3/c1-24(2)13-12-19-34(11)30(17-15-26(5)6)22-35(20-18-27(7)8)21-29(16-14-25(3)4)31(37)36(34)32(28(9)10)38-23-39-33(35)36/h13-15,18,21,28,30,32-33H,12,16-17,19-20,22-23H2,1-11H3/t30-,32+,33-,34+,35+,36+/m0/s1. The summed E-state index contributed by atoms with van der Waals surface area (Å²) in [7, 11) is 0. The Balaban J connectivity index is 2.40. The molecule has 3 nitrogen and oxygen atoms in total. The van der Waals surface area contributed by atoms with Crippen LogP contribution in [0.2, 0.25) is 0 Å². The maximum atomic E-state index is 15.2. The van der Waals surface area contributed by atoms with E-state index in [1.54, 1.807) is 0 Å². The van der Waals surface area contributed by atoms with Gasteiger partial charge in [-0.15, -0.1) is 0 Å². The predicted molar refractivity (Wildman–Crippen MR) is 164 cm³/mol. The van der Waals surface area contributed by atoms with Crippen LogP contribution in [0.25, 0.3) is 0 Å². The predicted octanol–water partition coefficient (Wildman–Crippen LogP) is 9.71. The summed E-state index contributed by atoms with van der Waals surface area (Å²) in [4.78, 5) is 15.2. The van der Waals surface area contributed by atoms with Crippen molar-refractivity contribution >= 4 is 5.78 Å². The fourth-order valence-electron chi connectivity index (χ4n) is 7.91. The summed E-state index contributed by atoms with van der Waals surface area (Å²) in [6.07, 6.45) is 16.8. The lowest BCUT2D eigenvalue weighted by Gasteiger charge is -2.70. The summed E-state index contributed by atoms with van der Waals surface area (Å²) in [6.45, 7) is 24.5. The zero-order chi connectivity index (χ0) is 29.2. The number of carbonyl (C=O) groups is 1. The lowest BCUT2D eigenvalue weighted by atomic mass is 9.37. The van der Waals surface area contributed by atoms with Crippen molar-refractivity contribution in [2.75, 3.05) is 6.79 Å². The van der Waals surface area contributed by atoms with E-state index in [0.717, 1.165) is 37.7 Å². The van der Waals surface area contributed by atoms with Gasteiger partial charge in [-0.05, 0) is 117 Å². The van der Waals surface area contributed by atoms with Gasteiger partial charge < -0.3 is 9.47 Å². The summed E-state index contributed by atoms with van der Waals surface area (Å²) in [6, 6.07) is 0. The summed E-state index contributed by atoms with van der Waals surface area (Å²) < 4.78 is 13.3. The van der Waals surface area contributed by atoms with E-state index in [4.69, 9.17) is 9.47 Å². The second-order valence-corrected chi connectivity index (χ2v) is 14.2. The minimum absolute atomic E-state index is 0.184. The zero-order valence-corrected chi connectivity index (χ0v) is 26.9. The molecule has 3 heteroatoms. The zero-order valence-electron chi connectivity index (χ0n) is 26.9. The first-order chi connectivity index (χ1) is 18.2. The van der Waals surface area contributed by atoms with Crippen LogP contribution in [0.4, 0.5) is 0 Å². The molecule has 0 N–H and O–H groups in total. The van der Waals surface area contributed by atoms with Crippen molar-refractivity contribution in [1.82, 2.24) is 0 Å². The molecular weight excluding hydrogens is 480 g/mol. The molecule has 0 aromatic rings. The number of ether oxygens (including phenoxy) is 2. The van der Waals surface area contributed by atoms with Crippen molar-refractivity contribution < 1.29 is 14.3 Å². The molecular formula is C36H56O3. The molecule has 0 aromatic carbocycles. The molecule has 2 fully saturated rings. The Kier molecular flexibility index (Phi) is 10.1. The molecule has 3 rings (SSSR count). The largest absolute Gasteiger partial charge is 0.351 e. The number of rotatable bonds is 10. The van der Waals surface area contributed by atoms with Crippen molar-refractivity contribution in [1.29, 1.82) is 0 Å². The van der Waals surface area contributed by atoms with E-state index in [0.29, 0.717) is 12.3 Å². The van der Waals surface area contributed by atoms with E-state index in [2.05, 4.69) is 107 Å². The van der Waals surface area contributed by atoms with Gasteiger partial charge in [0.15, 0.2) is 5.78 Å². The van der Waals surface area contributed by atoms with Crippen molar-refractivity contribution in [2.45, 2.75) is 127 Å². The van der Waals surface area contributed by atoms with E-state index >= 15 is 4.79 Å². The van der Waals surface area contributed by atoms with Gasteiger partial charge in [0.1, 0.15) is 6.79 Å². The molecule has 0 unspecified atom stereocenters. The monoisotopic (exact) mass is 536 g/mol. The Labute approximate surface area is 239 Å². The average Bonchev–Trinajstić information content (AvgIpc) is 2.84. The van der Waals surface area contributed by atoms with Gasteiger partial charge in [-0.1, -0.05) is 73.4 Å². The molecule has 39 heavy (non-hydrogen) atoms. The Morgan fingerprint density at radius 3 is 2.10 bits per heavy atom. The van der Waals surface area contributed by atoms with Gasteiger partial charge in [-0.25, -0.2) is 0 Å². The molecule has 1 saturated heterocycles. The maximum absolute atomic E-state index is 15.2. The molecule has 0 spiro atoms. The van der Waals surface area contributed by atoms with Gasteiger partial charge >= 0.3 is 0 Å². The van der Waals surface area contributed by atoms with Crippen molar-refractivity contribution in [3.05, 3.63) is 58.2 Å². The summed E-state index contributed by atoms with van der Waals surface area (Å²) >= 11 is 0. The molecule has 218 valence electrons. The van der Waals surface area contributed by atoms with Crippen LogP contribution in [0.5, 0.6) is 0 Å². The Bertz CT molecular complexity index is 1050. The molecule has 1 aliphatic heterocycles. The van der Waals surface area contributed by atoms with E-state index < -0.39 is 5.41 Å². The lowest BCUT2D eigenvalue weighted by molar-refractivity contribution is -0.327. The number of Topliss-reactive ketones (excluding diaryl/α,β-unsaturated/α-hetero) is 1. The number of carbonyl (C=O) groups excluding carboxylic acids is 1. The van der Waals surface area contributed by atoms with E-state index in [-0.39, 0.29) is 41.5 Å². The number of ketones is 1. The molecule has 1 saturated carbocycles. The highest BCUT2D eigenvalue weighted by Gasteiger charge is 2.75. The quantitative estimate of drug-likeness (QED) is 0.261. The first kappa shape index (κ1) is 31.8. The summed E-state index contributed by atoms with van der Waals surface area (Å²) in [5, 5.41) is 0.